The van der Waals surface area contributed by atoms with Crippen LogP contribution >= 0.6 is 11.6 Å². The van der Waals surface area contributed by atoms with Gasteiger partial charge in [-0.25, -0.2) is 12.7 Å². The number of hydrogen-bond acceptors (Lipinski definition) is 4. The molecule has 140 valence electrons. The van der Waals surface area contributed by atoms with Crippen LogP contribution in [0.1, 0.15) is 24.0 Å². The van der Waals surface area contributed by atoms with Gasteiger partial charge in [0.2, 0.25) is 15.9 Å². The number of anilines is 1. The van der Waals surface area contributed by atoms with Crippen molar-refractivity contribution in [3.05, 3.63) is 28.3 Å². The van der Waals surface area contributed by atoms with Crippen molar-refractivity contribution in [2.75, 3.05) is 37.9 Å². The van der Waals surface area contributed by atoms with Gasteiger partial charge in [-0.1, -0.05) is 17.7 Å². The first-order chi connectivity index (χ1) is 11.7. The van der Waals surface area contributed by atoms with E-state index in [4.69, 9.17) is 16.3 Å². The van der Waals surface area contributed by atoms with Crippen molar-refractivity contribution in [1.29, 1.82) is 0 Å². The van der Waals surface area contributed by atoms with Crippen LogP contribution in [0.5, 0.6) is 0 Å². The van der Waals surface area contributed by atoms with Crippen LogP contribution < -0.4 is 5.32 Å². The maximum atomic E-state index is 12.5. The molecule has 1 aliphatic heterocycles. The maximum absolute atomic E-state index is 12.5. The molecule has 0 unspecified atom stereocenters. The number of hydrogen-bond donors (Lipinski definition) is 1. The lowest BCUT2D eigenvalue weighted by molar-refractivity contribution is -0.120. The first-order valence-electron chi connectivity index (χ1n) is 8.29. The van der Waals surface area contributed by atoms with Gasteiger partial charge in [0.15, 0.2) is 0 Å². The molecule has 0 aliphatic carbocycles. The molecule has 1 amide bonds. The molecule has 1 fully saturated rings. The van der Waals surface area contributed by atoms with Gasteiger partial charge in [0, 0.05) is 26.1 Å². The minimum atomic E-state index is -3.32. The second-order valence-corrected chi connectivity index (χ2v) is 8.91. The first kappa shape index (κ1) is 20.2. The number of halogens is 1. The van der Waals surface area contributed by atoms with Gasteiger partial charge in [-0.2, -0.15) is 0 Å². The fraction of sp³-hybridized carbons (Fsp3) is 0.588. The van der Waals surface area contributed by atoms with E-state index in [1.807, 2.05) is 26.0 Å². The molecule has 1 saturated heterocycles. The second-order valence-electron chi connectivity index (χ2n) is 6.41. The van der Waals surface area contributed by atoms with Crippen LogP contribution in [0.25, 0.3) is 0 Å². The highest BCUT2D eigenvalue weighted by Crippen LogP contribution is 2.29. The Hall–Kier alpha value is -1.15. The van der Waals surface area contributed by atoms with Gasteiger partial charge in [0.25, 0.3) is 0 Å². The topological polar surface area (TPSA) is 75.7 Å². The molecule has 1 heterocycles. The summed E-state index contributed by atoms with van der Waals surface area (Å²) in [7, 11) is -1.84. The van der Waals surface area contributed by atoms with Gasteiger partial charge in [-0.3, -0.25) is 4.79 Å². The number of methoxy groups -OCH3 is 1. The predicted octanol–water partition coefficient (Wildman–Crippen LogP) is 2.58. The Labute approximate surface area is 154 Å². The summed E-state index contributed by atoms with van der Waals surface area (Å²) in [4.78, 5) is 12.5. The SMILES string of the molecule is COCCS(=O)(=O)N1CCC(C(=O)Nc2c(C)cc(C)cc2Cl)CC1. The van der Waals surface area contributed by atoms with E-state index in [0.29, 0.717) is 36.6 Å². The Morgan fingerprint density at radius 3 is 2.52 bits per heavy atom. The third-order valence-corrected chi connectivity index (χ3v) is 6.58. The molecular weight excluding hydrogens is 364 g/mol. The molecule has 0 radical (unpaired) electrons. The normalized spacial score (nSPS) is 16.8. The van der Waals surface area contributed by atoms with Crippen molar-refractivity contribution in [2.45, 2.75) is 26.7 Å². The molecule has 0 spiro atoms. The third-order valence-electron chi connectivity index (χ3n) is 4.44. The number of nitrogens with one attached hydrogen (secondary N) is 1. The molecule has 2 rings (SSSR count). The molecule has 0 saturated carbocycles. The molecule has 1 aromatic carbocycles. The molecule has 1 aliphatic rings. The Morgan fingerprint density at radius 2 is 1.96 bits per heavy atom. The van der Waals surface area contributed by atoms with Crippen molar-refractivity contribution < 1.29 is 17.9 Å². The van der Waals surface area contributed by atoms with Gasteiger partial charge >= 0.3 is 0 Å². The number of benzene rings is 1. The average Bonchev–Trinajstić information content (AvgIpc) is 2.56. The number of amides is 1. The standard InChI is InChI=1S/C17H25ClN2O4S/c1-12-10-13(2)16(15(18)11-12)19-17(21)14-4-6-20(7-5-14)25(22,23)9-8-24-3/h10-11,14H,4-9H2,1-3H3,(H,19,21). The van der Waals surface area contributed by atoms with Crippen LogP contribution in [0.2, 0.25) is 5.02 Å². The summed E-state index contributed by atoms with van der Waals surface area (Å²) in [5.41, 5.74) is 2.58. The van der Waals surface area contributed by atoms with Gasteiger partial charge < -0.3 is 10.1 Å². The minimum absolute atomic E-state index is 0.0292. The lowest BCUT2D eigenvalue weighted by Gasteiger charge is -2.30. The molecule has 0 bridgehead atoms. The van der Waals surface area contributed by atoms with Gasteiger partial charge in [-0.05, 0) is 43.9 Å². The summed E-state index contributed by atoms with van der Waals surface area (Å²) in [6.45, 7) is 4.73. The fourth-order valence-electron chi connectivity index (χ4n) is 3.01. The van der Waals surface area contributed by atoms with Crippen molar-refractivity contribution >= 4 is 33.2 Å². The molecule has 0 atom stereocenters. The predicted molar refractivity (Wildman–Crippen MR) is 99.5 cm³/mol. The number of carbonyl (C=O) groups is 1. The fourth-order valence-corrected chi connectivity index (χ4v) is 4.78. The number of rotatable bonds is 6. The van der Waals surface area contributed by atoms with E-state index in [0.717, 1.165) is 11.1 Å². The monoisotopic (exact) mass is 388 g/mol. The van der Waals surface area contributed by atoms with E-state index in [2.05, 4.69) is 5.32 Å². The van der Waals surface area contributed by atoms with Gasteiger partial charge in [0.1, 0.15) is 0 Å². The quantitative estimate of drug-likeness (QED) is 0.812. The van der Waals surface area contributed by atoms with E-state index in [-0.39, 0.29) is 24.2 Å². The number of carbonyl (C=O) groups excluding carboxylic acids is 1. The van der Waals surface area contributed by atoms with Crippen LogP contribution in [0.3, 0.4) is 0 Å². The molecule has 0 aromatic heterocycles. The molecule has 1 N–H and O–H groups in total. The average molecular weight is 389 g/mol. The zero-order valence-corrected chi connectivity index (χ0v) is 16.4. The van der Waals surface area contributed by atoms with Crippen molar-refractivity contribution in [3.63, 3.8) is 0 Å². The second kappa shape index (κ2) is 8.49. The summed E-state index contributed by atoms with van der Waals surface area (Å²) in [6, 6.07) is 3.78. The molecule has 8 heteroatoms. The number of sulfonamides is 1. The minimum Gasteiger partial charge on any atom is -0.384 e. The highest BCUT2D eigenvalue weighted by atomic mass is 35.5. The Morgan fingerprint density at radius 1 is 1.32 bits per heavy atom. The van der Waals surface area contributed by atoms with Crippen molar-refractivity contribution in [1.82, 2.24) is 4.31 Å². The van der Waals surface area contributed by atoms with Crippen LogP contribution in [0.4, 0.5) is 5.69 Å². The smallest absolute Gasteiger partial charge is 0.227 e. The van der Waals surface area contributed by atoms with E-state index in [1.54, 1.807) is 0 Å². The lowest BCUT2D eigenvalue weighted by Crippen LogP contribution is -2.42. The highest BCUT2D eigenvalue weighted by Gasteiger charge is 2.31. The van der Waals surface area contributed by atoms with E-state index < -0.39 is 10.0 Å². The number of nitrogens with zero attached hydrogens (tertiary/aromatic N) is 1. The molecule has 6 nitrogen and oxygen atoms in total. The van der Waals surface area contributed by atoms with Crippen molar-refractivity contribution in [3.8, 4) is 0 Å². The Kier molecular flexibility index (Phi) is 6.85. The summed E-state index contributed by atoms with van der Waals surface area (Å²) in [5.74, 6) is -0.355. The largest absolute Gasteiger partial charge is 0.384 e. The summed E-state index contributed by atoms with van der Waals surface area (Å²) >= 11 is 6.24. The van der Waals surface area contributed by atoms with Gasteiger partial charge in [0.05, 0.1) is 23.1 Å². The highest BCUT2D eigenvalue weighted by molar-refractivity contribution is 7.89. The number of aryl methyl sites for hydroxylation is 2. The molecular formula is C17H25ClN2O4S. The Balaban J connectivity index is 1.96. The Bertz CT molecular complexity index is 705. The van der Waals surface area contributed by atoms with Gasteiger partial charge in [-0.15, -0.1) is 0 Å². The van der Waals surface area contributed by atoms with Crippen LogP contribution in [-0.4, -0.2) is 51.2 Å². The van der Waals surface area contributed by atoms with Crippen LogP contribution in [-0.2, 0) is 19.6 Å². The first-order valence-corrected chi connectivity index (χ1v) is 10.3. The lowest BCUT2D eigenvalue weighted by atomic mass is 9.97. The van der Waals surface area contributed by atoms with E-state index in [9.17, 15) is 13.2 Å². The zero-order chi connectivity index (χ0) is 18.6. The maximum Gasteiger partial charge on any atom is 0.227 e. The number of piperidine rings is 1. The van der Waals surface area contributed by atoms with E-state index >= 15 is 0 Å². The molecule has 1 aromatic rings. The molecule has 25 heavy (non-hydrogen) atoms. The third kappa shape index (κ3) is 5.17. The summed E-state index contributed by atoms with van der Waals surface area (Å²) in [6.07, 6.45) is 1.00. The zero-order valence-electron chi connectivity index (χ0n) is 14.8. The van der Waals surface area contributed by atoms with Crippen LogP contribution in [0.15, 0.2) is 12.1 Å². The van der Waals surface area contributed by atoms with Crippen molar-refractivity contribution in [2.24, 2.45) is 5.92 Å². The summed E-state index contributed by atoms with van der Waals surface area (Å²) in [5, 5.41) is 3.42. The number of ether oxygens (including phenoxy) is 1. The summed E-state index contributed by atoms with van der Waals surface area (Å²) < 4.78 is 30.6. The van der Waals surface area contributed by atoms with E-state index in [1.165, 1.54) is 11.4 Å². The van der Waals surface area contributed by atoms with Crippen LogP contribution in [0, 0.1) is 19.8 Å².